The van der Waals surface area contributed by atoms with E-state index in [0.717, 1.165) is 13.0 Å². The Morgan fingerprint density at radius 2 is 2.10 bits per heavy atom. The van der Waals surface area contributed by atoms with Crippen LogP contribution in [0.1, 0.15) is 18.9 Å². The molecular weight excluding hydrogens is 293 g/mol. The van der Waals surface area contributed by atoms with Crippen molar-refractivity contribution in [2.45, 2.75) is 30.8 Å². The van der Waals surface area contributed by atoms with Crippen molar-refractivity contribution in [2.24, 2.45) is 5.73 Å². The Labute approximate surface area is 125 Å². The number of rotatable bonds is 3. The average Bonchev–Trinajstić information content (AvgIpc) is 2.59. The molecule has 0 amide bonds. The van der Waals surface area contributed by atoms with Crippen LogP contribution < -0.4 is 5.73 Å². The summed E-state index contributed by atoms with van der Waals surface area (Å²) < 4.78 is 40.9. The van der Waals surface area contributed by atoms with Crippen molar-refractivity contribution >= 4 is 10.0 Å². The van der Waals surface area contributed by atoms with Gasteiger partial charge in [-0.2, -0.15) is 4.31 Å². The van der Waals surface area contributed by atoms with E-state index in [9.17, 15) is 12.8 Å². The van der Waals surface area contributed by atoms with Gasteiger partial charge in [0.1, 0.15) is 10.7 Å². The third-order valence-corrected chi connectivity index (χ3v) is 5.85. The minimum Gasteiger partial charge on any atom is -0.326 e. The van der Waals surface area contributed by atoms with Crippen LogP contribution >= 0.6 is 0 Å². The fraction of sp³-hybridized carbons (Fsp3) is 0.571. The standard InChI is InChI=1S/C14H22FN3O2S/c1-11-10-17(2)6-3-7-18(11)21(19,20)14-5-4-12(9-16)8-13(14)15/h4-5,8,11H,3,6-7,9-10,16H2,1-2H3. The van der Waals surface area contributed by atoms with Crippen molar-refractivity contribution < 1.29 is 12.8 Å². The first-order chi connectivity index (χ1) is 9.86. The second kappa shape index (κ2) is 6.39. The Morgan fingerprint density at radius 1 is 1.38 bits per heavy atom. The molecule has 118 valence electrons. The molecule has 1 unspecified atom stereocenters. The smallest absolute Gasteiger partial charge is 0.246 e. The van der Waals surface area contributed by atoms with Crippen LogP contribution in [0.2, 0.25) is 0 Å². The van der Waals surface area contributed by atoms with Gasteiger partial charge in [-0.05, 0) is 44.6 Å². The van der Waals surface area contributed by atoms with Crippen LogP contribution in [0.15, 0.2) is 23.1 Å². The highest BCUT2D eigenvalue weighted by Crippen LogP contribution is 2.24. The van der Waals surface area contributed by atoms with Crippen LogP contribution in [0, 0.1) is 5.82 Å². The number of likely N-dealkylation sites (N-methyl/N-ethyl adjacent to an activating group) is 1. The Balaban J connectivity index is 2.37. The van der Waals surface area contributed by atoms with Crippen molar-refractivity contribution in [3.05, 3.63) is 29.6 Å². The molecule has 2 rings (SSSR count). The molecule has 1 aliphatic rings. The maximum absolute atomic E-state index is 14.1. The molecule has 0 aromatic heterocycles. The number of nitrogens with zero attached hydrogens (tertiary/aromatic N) is 2. The van der Waals surface area contributed by atoms with E-state index in [1.807, 2.05) is 14.0 Å². The number of hydrogen-bond donors (Lipinski definition) is 1. The van der Waals surface area contributed by atoms with Gasteiger partial charge in [0, 0.05) is 25.7 Å². The molecule has 0 bridgehead atoms. The summed E-state index contributed by atoms with van der Waals surface area (Å²) in [7, 11) is -1.86. The fourth-order valence-electron chi connectivity index (χ4n) is 2.71. The van der Waals surface area contributed by atoms with Gasteiger partial charge < -0.3 is 10.6 Å². The quantitative estimate of drug-likeness (QED) is 0.903. The highest BCUT2D eigenvalue weighted by atomic mass is 32.2. The van der Waals surface area contributed by atoms with E-state index < -0.39 is 15.8 Å². The predicted molar refractivity (Wildman–Crippen MR) is 79.8 cm³/mol. The zero-order valence-electron chi connectivity index (χ0n) is 12.4. The van der Waals surface area contributed by atoms with E-state index in [1.54, 1.807) is 6.07 Å². The summed E-state index contributed by atoms with van der Waals surface area (Å²) in [4.78, 5) is 1.82. The molecule has 1 aromatic carbocycles. The zero-order valence-corrected chi connectivity index (χ0v) is 13.2. The SMILES string of the molecule is CC1CN(C)CCCN1S(=O)(=O)c1ccc(CN)cc1F. The van der Waals surface area contributed by atoms with Gasteiger partial charge in [-0.15, -0.1) is 0 Å². The molecular formula is C14H22FN3O2S. The maximum Gasteiger partial charge on any atom is 0.246 e. The first-order valence-corrected chi connectivity index (χ1v) is 8.49. The van der Waals surface area contributed by atoms with Gasteiger partial charge in [-0.3, -0.25) is 0 Å². The summed E-state index contributed by atoms with van der Waals surface area (Å²) in [6.45, 7) is 3.92. The molecule has 1 saturated heterocycles. The second-order valence-electron chi connectivity index (χ2n) is 5.55. The minimum atomic E-state index is -3.82. The normalized spacial score (nSPS) is 22.2. The fourth-order valence-corrected chi connectivity index (χ4v) is 4.42. The Morgan fingerprint density at radius 3 is 2.71 bits per heavy atom. The molecule has 7 heteroatoms. The number of halogens is 1. The topological polar surface area (TPSA) is 66.6 Å². The lowest BCUT2D eigenvalue weighted by molar-refractivity contribution is 0.290. The average molecular weight is 315 g/mol. The van der Waals surface area contributed by atoms with E-state index in [0.29, 0.717) is 18.7 Å². The van der Waals surface area contributed by atoms with Crippen molar-refractivity contribution in [2.75, 3.05) is 26.7 Å². The Bertz CT molecular complexity index is 606. The van der Waals surface area contributed by atoms with Crippen LogP contribution in [-0.2, 0) is 16.6 Å². The van der Waals surface area contributed by atoms with E-state index in [4.69, 9.17) is 5.73 Å². The molecule has 0 saturated carbocycles. The third-order valence-electron chi connectivity index (χ3n) is 3.80. The van der Waals surface area contributed by atoms with E-state index in [1.165, 1.54) is 16.4 Å². The van der Waals surface area contributed by atoms with Crippen molar-refractivity contribution in [3.63, 3.8) is 0 Å². The minimum absolute atomic E-state index is 0.183. The molecule has 1 atom stereocenters. The monoisotopic (exact) mass is 315 g/mol. The first-order valence-electron chi connectivity index (χ1n) is 7.05. The molecule has 1 fully saturated rings. The van der Waals surface area contributed by atoms with Gasteiger partial charge in [-0.1, -0.05) is 6.07 Å². The van der Waals surface area contributed by atoms with Crippen LogP contribution in [0.5, 0.6) is 0 Å². The van der Waals surface area contributed by atoms with Crippen molar-refractivity contribution in [1.29, 1.82) is 0 Å². The lowest BCUT2D eigenvalue weighted by atomic mass is 10.2. The van der Waals surface area contributed by atoms with E-state index >= 15 is 0 Å². The molecule has 0 spiro atoms. The zero-order chi connectivity index (χ0) is 15.6. The Kier molecular flexibility index (Phi) is 4.98. The molecule has 5 nitrogen and oxygen atoms in total. The highest BCUT2D eigenvalue weighted by molar-refractivity contribution is 7.89. The first kappa shape index (κ1) is 16.4. The number of sulfonamides is 1. The van der Waals surface area contributed by atoms with Gasteiger partial charge in [0.15, 0.2) is 0 Å². The summed E-state index contributed by atoms with van der Waals surface area (Å²) in [5.74, 6) is -0.734. The van der Waals surface area contributed by atoms with Crippen LogP contribution in [0.4, 0.5) is 4.39 Å². The largest absolute Gasteiger partial charge is 0.326 e. The van der Waals surface area contributed by atoms with E-state index in [-0.39, 0.29) is 17.5 Å². The molecule has 1 aliphatic heterocycles. The molecule has 1 aromatic rings. The number of hydrogen-bond acceptors (Lipinski definition) is 4. The lowest BCUT2D eigenvalue weighted by Crippen LogP contribution is -2.42. The van der Waals surface area contributed by atoms with Gasteiger partial charge in [0.25, 0.3) is 0 Å². The molecule has 0 radical (unpaired) electrons. The predicted octanol–water partition coefficient (Wildman–Crippen LogP) is 0.999. The van der Waals surface area contributed by atoms with E-state index in [2.05, 4.69) is 4.90 Å². The summed E-state index contributed by atoms with van der Waals surface area (Å²) >= 11 is 0. The summed E-state index contributed by atoms with van der Waals surface area (Å²) in [6.07, 6.45) is 0.739. The maximum atomic E-state index is 14.1. The summed E-state index contributed by atoms with van der Waals surface area (Å²) in [5, 5.41) is 0. The van der Waals surface area contributed by atoms with Crippen LogP contribution in [0.25, 0.3) is 0 Å². The third kappa shape index (κ3) is 3.42. The second-order valence-corrected chi connectivity index (χ2v) is 7.41. The van der Waals surface area contributed by atoms with Crippen LogP contribution in [-0.4, -0.2) is 50.3 Å². The lowest BCUT2D eigenvalue weighted by Gasteiger charge is -2.27. The van der Waals surface area contributed by atoms with Crippen LogP contribution in [0.3, 0.4) is 0 Å². The van der Waals surface area contributed by atoms with Gasteiger partial charge in [0.2, 0.25) is 10.0 Å². The van der Waals surface area contributed by atoms with Gasteiger partial charge in [-0.25, -0.2) is 12.8 Å². The molecule has 2 N–H and O–H groups in total. The number of benzene rings is 1. The number of nitrogens with two attached hydrogens (primary N) is 1. The van der Waals surface area contributed by atoms with Crippen molar-refractivity contribution in [1.82, 2.24) is 9.21 Å². The molecule has 1 heterocycles. The summed E-state index contributed by atoms with van der Waals surface area (Å²) in [6, 6.07) is 3.89. The van der Waals surface area contributed by atoms with Crippen molar-refractivity contribution in [3.8, 4) is 0 Å². The van der Waals surface area contributed by atoms with Gasteiger partial charge >= 0.3 is 0 Å². The molecule has 21 heavy (non-hydrogen) atoms. The summed E-state index contributed by atoms with van der Waals surface area (Å²) in [5.41, 5.74) is 6.03. The highest BCUT2D eigenvalue weighted by Gasteiger charge is 2.33. The van der Waals surface area contributed by atoms with Gasteiger partial charge in [0.05, 0.1) is 0 Å². The molecule has 0 aliphatic carbocycles. The Hall–Kier alpha value is -1.02.